The Hall–Kier alpha value is -6.34. The summed E-state index contributed by atoms with van der Waals surface area (Å²) in [6.07, 6.45) is -133. The topological polar surface area (TPSA) is 150 Å². The van der Waals surface area contributed by atoms with Crippen molar-refractivity contribution in [2.45, 2.75) is 198 Å². The van der Waals surface area contributed by atoms with Crippen molar-refractivity contribution in [2.75, 3.05) is 0 Å². The van der Waals surface area contributed by atoms with Crippen molar-refractivity contribution < 1.29 is 188 Å². The molecule has 103 heavy (non-hydrogen) atoms. The van der Waals surface area contributed by atoms with Gasteiger partial charge >= 0.3 is 37.1 Å². The lowest BCUT2D eigenvalue weighted by molar-refractivity contribution is -0.407. The van der Waals surface area contributed by atoms with E-state index in [-0.39, 0.29) is 24.3 Å². The van der Waals surface area contributed by atoms with Gasteiger partial charge < -0.3 is 0 Å². The number of hydrogen-bond acceptors (Lipinski definition) is 8. The van der Waals surface area contributed by atoms with Crippen molar-refractivity contribution in [1.82, 2.24) is 19.6 Å². The maximum absolute atomic E-state index is 16.7. The van der Waals surface area contributed by atoms with Gasteiger partial charge in [-0.25, -0.2) is 70.2 Å². The summed E-state index contributed by atoms with van der Waals surface area (Å²) >= 11 is 0. The second-order valence-corrected chi connectivity index (χ2v) is 27.1. The first-order valence-electron chi connectivity index (χ1n) is 30.5. The van der Waals surface area contributed by atoms with Crippen LogP contribution in [0.1, 0.15) is 38.5 Å². The minimum atomic E-state index is -7.79. The van der Waals surface area contributed by atoms with Crippen LogP contribution in [0.3, 0.4) is 0 Å². The van der Waals surface area contributed by atoms with E-state index < -0.39 is 341 Å². The Morgan fingerprint density at radius 2 is 0.408 bits per heavy atom. The third-order valence-corrected chi connectivity index (χ3v) is 22.8. The number of alkyl halides is 34. The maximum atomic E-state index is 16.7. The monoisotopic (exact) mass is 1560 g/mol. The summed E-state index contributed by atoms with van der Waals surface area (Å²) in [6, 6.07) is -15.5. The van der Waals surface area contributed by atoms with Gasteiger partial charge in [-0.05, 0) is 50.4 Å². The molecular weight excluding hydrogens is 1510 g/mol. The highest BCUT2D eigenvalue weighted by atomic mass is 19.4. The quantitative estimate of drug-likeness (QED) is 0.155. The fourth-order valence-corrected chi connectivity index (χ4v) is 18.6. The van der Waals surface area contributed by atoms with Crippen molar-refractivity contribution in [3.05, 3.63) is 24.3 Å². The average molecular weight is 1560 g/mol. The number of hydrogen-bond donors (Lipinski definition) is 0. The van der Waals surface area contributed by atoms with E-state index in [0.717, 1.165) is 0 Å². The molecule has 12 nitrogen and oxygen atoms in total. The first-order chi connectivity index (χ1) is 47.0. The number of fused-ring (bicyclic) bond motifs is 2. The van der Waals surface area contributed by atoms with E-state index in [1.165, 1.54) is 0 Å². The Morgan fingerprint density at radius 1 is 0.233 bits per heavy atom. The molecule has 0 radical (unpaired) electrons. The zero-order chi connectivity index (χ0) is 77.8. The molecule has 8 fully saturated rings. The van der Waals surface area contributed by atoms with E-state index in [1.54, 1.807) is 0 Å². The second kappa shape index (κ2) is 25.4. The number of imide groups is 4. The molecule has 0 spiro atoms. The molecule has 8 amide bonds. The molecule has 0 aromatic carbocycles. The van der Waals surface area contributed by atoms with Crippen molar-refractivity contribution in [1.29, 1.82) is 0 Å². The average Bonchev–Trinajstić information content (AvgIpc) is 0.895. The van der Waals surface area contributed by atoms with Crippen molar-refractivity contribution in [3.8, 4) is 0 Å². The highest BCUT2D eigenvalue weighted by Crippen LogP contribution is 2.72. The lowest BCUT2D eigenvalue weighted by atomic mass is 9.54. The van der Waals surface area contributed by atoms with Gasteiger partial charge in [-0.3, -0.25) is 58.0 Å². The van der Waals surface area contributed by atoms with E-state index in [2.05, 4.69) is 0 Å². The van der Waals surface area contributed by atoms with E-state index in [9.17, 15) is 38.4 Å². The van der Waals surface area contributed by atoms with Gasteiger partial charge in [-0.2, -0.15) is 79.0 Å². The lowest BCUT2D eigenvalue weighted by Crippen LogP contribution is -2.76. The second-order valence-electron chi connectivity index (χ2n) is 27.1. The molecule has 0 bridgehead atoms. The van der Waals surface area contributed by atoms with Crippen LogP contribution in [0, 0.1) is 75.4 Å². The molecule has 10 aliphatic rings. The minimum Gasteiger partial charge on any atom is -0.274 e. The highest BCUT2D eigenvalue weighted by molar-refractivity contribution is 6.14. The molecule has 22 unspecified atom stereocenters. The highest BCUT2D eigenvalue weighted by Gasteiger charge is 2.89. The molecule has 580 valence electrons. The zero-order valence-corrected chi connectivity index (χ0v) is 50.3. The number of amides is 8. The van der Waals surface area contributed by atoms with Gasteiger partial charge in [0.1, 0.15) is 73.5 Å². The van der Waals surface area contributed by atoms with Crippen LogP contribution in [-0.2, 0) is 38.4 Å². The maximum Gasteiger partial charge on any atom is 0.404 e. The third-order valence-electron chi connectivity index (χ3n) is 22.8. The van der Waals surface area contributed by atoms with E-state index in [1.807, 2.05) is 0 Å². The number of likely N-dealkylation sites (tertiary alicyclic amines) is 2. The van der Waals surface area contributed by atoms with E-state index >= 15 is 149 Å². The van der Waals surface area contributed by atoms with E-state index in [4.69, 9.17) is 0 Å². The summed E-state index contributed by atoms with van der Waals surface area (Å²) in [6.45, 7) is 0. The molecule has 4 aliphatic heterocycles. The summed E-state index contributed by atoms with van der Waals surface area (Å²) in [4.78, 5) is 101. The first kappa shape index (κ1) is 79.2. The lowest BCUT2D eigenvalue weighted by Gasteiger charge is -2.56. The van der Waals surface area contributed by atoms with Crippen LogP contribution < -0.4 is 0 Å². The van der Waals surface area contributed by atoms with E-state index in [0.29, 0.717) is 0 Å². The molecule has 4 heterocycles. The van der Waals surface area contributed by atoms with Gasteiger partial charge in [0, 0.05) is 24.3 Å². The fourth-order valence-electron chi connectivity index (χ4n) is 18.6. The van der Waals surface area contributed by atoms with Crippen LogP contribution in [0.2, 0.25) is 0 Å². The van der Waals surface area contributed by atoms with Gasteiger partial charge in [0.05, 0.1) is 47.3 Å². The molecule has 2 saturated heterocycles. The Kier molecular flexibility index (Phi) is 19.5. The summed E-state index contributed by atoms with van der Waals surface area (Å²) in [5, 5.41) is 0. The number of carbonyl (C=O) groups excluding carboxylic acids is 8. The molecule has 0 aromatic heterocycles. The van der Waals surface area contributed by atoms with Crippen molar-refractivity contribution in [2.24, 2.45) is 75.4 Å². The SMILES string of the molecule is O=C1C=CC(=O)N1C1C(F)C(F)C(C(C2C(F)C(F)C(N3C(=O)C4CCC(C(C5CCC6C(=O)N(C7C(F)C(F)C(C(C8C(F)C(F)C(N9C(=O)C=CC9=O)C(F)C8F)(C(F)(F)F)C(F)(F)F)C(F)C7F)C(=O)C6C5)(C(F)(F)F)C(F)(F)F)CC4C3=O)C(F)C2F)(C(F)(F)F)C(F)(F)F)C(F)C1F. The fraction of sp³-hybridized carbons (Fsp3) is 0.789. The molecule has 10 rings (SSSR count). The molecule has 6 aliphatic carbocycles. The summed E-state index contributed by atoms with van der Waals surface area (Å²) in [5.41, 5.74) is -19.8. The van der Waals surface area contributed by atoms with Gasteiger partial charge in [-0.1, -0.05) is 0 Å². The standard InChI is InChI=1S/C57H46F34N4O8/c58-25-21(26(59)34(67)41(33(25)66)92-17(96)5-6-18(92)97)50(54(80,81)82,55(83,84)85)23-29(62)37(70)43(38(71)30(23)63)94-45(100)13-3-1-11(9-15(13)47(94)102)49(52(74,75)76,53(77,78)79)12-2-4-14-16(10-12)48(103)95(46(14)101)44-39(72)31(64)24(32(65)40(44)73)51(56(86,87)88,57(89,90)91)22-27(60)35(68)42(36(69)28(22)61)93-19(98)7-8-20(93)99/h5-8,11-16,21-44H,1-4,9-10H2. The molecular formula is C57H46F34N4O8. The van der Waals surface area contributed by atoms with Crippen molar-refractivity contribution in [3.63, 3.8) is 0 Å². The van der Waals surface area contributed by atoms with Gasteiger partial charge in [0.2, 0.25) is 23.6 Å². The van der Waals surface area contributed by atoms with Crippen LogP contribution in [0.5, 0.6) is 0 Å². The predicted octanol–water partition coefficient (Wildman–Crippen LogP) is 11.4. The molecule has 0 aromatic rings. The van der Waals surface area contributed by atoms with Crippen molar-refractivity contribution >= 4 is 47.3 Å². The van der Waals surface area contributed by atoms with Gasteiger partial charge in [0.15, 0.2) is 65.6 Å². The number of rotatable bonds is 10. The Bertz CT molecular complexity index is 3120. The number of halogens is 34. The van der Waals surface area contributed by atoms with Crippen LogP contribution in [0.25, 0.3) is 0 Å². The van der Waals surface area contributed by atoms with Crippen LogP contribution in [0.15, 0.2) is 24.3 Å². The summed E-state index contributed by atoms with van der Waals surface area (Å²) in [5.74, 6) is -56.2. The first-order valence-corrected chi connectivity index (χ1v) is 30.5. The number of nitrogens with zero attached hydrogens (tertiary/aromatic N) is 4. The zero-order valence-electron chi connectivity index (χ0n) is 50.3. The summed E-state index contributed by atoms with van der Waals surface area (Å²) in [7, 11) is 0. The van der Waals surface area contributed by atoms with Crippen LogP contribution in [0.4, 0.5) is 149 Å². The van der Waals surface area contributed by atoms with Crippen LogP contribution >= 0.6 is 0 Å². The molecule has 6 saturated carbocycles. The van der Waals surface area contributed by atoms with Gasteiger partial charge in [-0.15, -0.1) is 0 Å². The Morgan fingerprint density at radius 3 is 0.592 bits per heavy atom. The Balaban J connectivity index is 0.927. The smallest absolute Gasteiger partial charge is 0.274 e. The third kappa shape index (κ3) is 10.7. The van der Waals surface area contributed by atoms with Gasteiger partial charge in [0.25, 0.3) is 23.6 Å². The molecule has 0 N–H and O–H groups in total. The van der Waals surface area contributed by atoms with Crippen LogP contribution in [-0.4, -0.2) is 227 Å². The predicted molar refractivity (Wildman–Crippen MR) is 265 cm³/mol. The Labute approximate surface area is 552 Å². The normalized spacial score (nSPS) is 43.0. The summed E-state index contributed by atoms with van der Waals surface area (Å²) < 4.78 is 540. The minimum absolute atomic E-state index is 0.133. The number of carbonyl (C=O) groups is 8. The molecule has 46 heteroatoms. The molecule has 22 atom stereocenters. The largest absolute Gasteiger partial charge is 0.404 e.